The first-order valence-electron chi connectivity index (χ1n) is 9.32. The number of piperidine rings is 3. The molecule has 1 aromatic heterocycles. The van der Waals surface area contributed by atoms with Gasteiger partial charge in [0.25, 0.3) is 0 Å². The summed E-state index contributed by atoms with van der Waals surface area (Å²) in [6, 6.07) is 10.7. The Labute approximate surface area is 143 Å². The fourth-order valence-electron chi connectivity index (χ4n) is 5.41. The molecule has 0 unspecified atom stereocenters. The van der Waals surface area contributed by atoms with Crippen molar-refractivity contribution >= 4 is 0 Å². The van der Waals surface area contributed by atoms with E-state index in [1.165, 1.54) is 37.1 Å². The molecule has 0 radical (unpaired) electrons. The molecule has 0 amide bonds. The van der Waals surface area contributed by atoms with Crippen molar-refractivity contribution in [3.63, 3.8) is 0 Å². The van der Waals surface area contributed by atoms with E-state index in [2.05, 4.69) is 51.0 Å². The van der Waals surface area contributed by atoms with E-state index in [-0.39, 0.29) is 0 Å². The number of imidazole rings is 1. The highest BCUT2D eigenvalue weighted by Gasteiger charge is 2.53. The van der Waals surface area contributed by atoms with Crippen molar-refractivity contribution < 1.29 is 0 Å². The Morgan fingerprint density at radius 2 is 1.92 bits per heavy atom. The number of fused-ring (bicyclic) bond motifs is 2. The van der Waals surface area contributed by atoms with Crippen molar-refractivity contribution in [2.45, 2.75) is 44.3 Å². The highest BCUT2D eigenvalue weighted by Crippen LogP contribution is 2.46. The maximum Gasteiger partial charge on any atom is 0.120 e. The highest BCUT2D eigenvalue weighted by atomic mass is 15.3. The smallest absolute Gasteiger partial charge is 0.120 e. The number of H-pyrrole nitrogens is 1. The molecule has 1 N–H and O–H groups in total. The molecule has 4 nitrogen and oxygen atoms in total. The summed E-state index contributed by atoms with van der Waals surface area (Å²) < 4.78 is 0. The van der Waals surface area contributed by atoms with Gasteiger partial charge < -0.3 is 4.98 Å². The van der Waals surface area contributed by atoms with E-state index in [0.29, 0.717) is 18.0 Å². The van der Waals surface area contributed by atoms with Gasteiger partial charge in [0.15, 0.2) is 0 Å². The van der Waals surface area contributed by atoms with Gasteiger partial charge in [-0.3, -0.25) is 9.80 Å². The third-order valence-electron chi connectivity index (χ3n) is 6.51. The minimum atomic E-state index is 0.633. The summed E-state index contributed by atoms with van der Waals surface area (Å²) in [5.74, 6) is 2.61. The molecule has 2 aromatic rings. The molecule has 0 spiro atoms. The van der Waals surface area contributed by atoms with Gasteiger partial charge in [0.05, 0.1) is 6.54 Å². The van der Waals surface area contributed by atoms with Crippen LogP contribution >= 0.6 is 0 Å². The number of nitrogens with zero attached hydrogens (tertiary/aromatic N) is 3. The highest BCUT2D eigenvalue weighted by molar-refractivity contribution is 5.29. The maximum absolute atomic E-state index is 4.48. The molecule has 5 heterocycles. The zero-order valence-electron chi connectivity index (χ0n) is 14.4. The Hall–Kier alpha value is -1.65. The van der Waals surface area contributed by atoms with Crippen LogP contribution in [0.15, 0.2) is 36.7 Å². The van der Waals surface area contributed by atoms with E-state index >= 15 is 0 Å². The van der Waals surface area contributed by atoms with Gasteiger partial charge >= 0.3 is 0 Å². The molecule has 126 valence electrons. The van der Waals surface area contributed by atoms with E-state index in [0.717, 1.165) is 24.8 Å². The average molecular weight is 322 g/mol. The Kier molecular flexibility index (Phi) is 3.49. The largest absolute Gasteiger partial charge is 0.348 e. The summed E-state index contributed by atoms with van der Waals surface area (Å²) >= 11 is 0. The Balaban J connectivity index is 1.48. The van der Waals surface area contributed by atoms with Crippen LogP contribution in [0, 0.1) is 12.8 Å². The van der Waals surface area contributed by atoms with Crippen molar-refractivity contribution in [3.8, 4) is 0 Å². The predicted molar refractivity (Wildman–Crippen MR) is 94.8 cm³/mol. The number of aromatic nitrogens is 2. The van der Waals surface area contributed by atoms with Crippen LogP contribution in [0.25, 0.3) is 0 Å². The molecule has 4 saturated heterocycles. The molecule has 24 heavy (non-hydrogen) atoms. The zero-order valence-corrected chi connectivity index (χ0v) is 14.4. The van der Waals surface area contributed by atoms with Crippen LogP contribution in [-0.4, -0.2) is 51.5 Å². The van der Waals surface area contributed by atoms with Crippen LogP contribution in [0.4, 0.5) is 0 Å². The van der Waals surface area contributed by atoms with Gasteiger partial charge in [-0.05, 0) is 44.3 Å². The average Bonchev–Trinajstić information content (AvgIpc) is 3.26. The molecule has 4 aliphatic heterocycles. The van der Waals surface area contributed by atoms with Crippen molar-refractivity contribution in [2.24, 2.45) is 5.92 Å². The predicted octanol–water partition coefficient (Wildman–Crippen LogP) is 2.78. The summed E-state index contributed by atoms with van der Waals surface area (Å²) in [5, 5.41) is 0. The minimum Gasteiger partial charge on any atom is -0.348 e. The number of hydrogen-bond donors (Lipinski definition) is 1. The summed E-state index contributed by atoms with van der Waals surface area (Å²) in [5.41, 5.74) is 2.87. The quantitative estimate of drug-likeness (QED) is 0.944. The normalized spacial score (nSPS) is 35.3. The topological polar surface area (TPSA) is 35.2 Å². The fourth-order valence-corrected chi connectivity index (χ4v) is 5.41. The number of likely N-dealkylation sites (tertiary alicyclic amines) is 1. The van der Waals surface area contributed by atoms with Crippen molar-refractivity contribution in [2.75, 3.05) is 19.6 Å². The van der Waals surface area contributed by atoms with Gasteiger partial charge in [-0.15, -0.1) is 0 Å². The molecule has 4 heteroatoms. The van der Waals surface area contributed by atoms with Crippen molar-refractivity contribution in [1.82, 2.24) is 19.8 Å². The second kappa shape index (κ2) is 5.71. The van der Waals surface area contributed by atoms with Gasteiger partial charge in [0.2, 0.25) is 0 Å². The molecular weight excluding hydrogens is 296 g/mol. The third kappa shape index (κ3) is 2.32. The van der Waals surface area contributed by atoms with Crippen LogP contribution in [0.3, 0.4) is 0 Å². The minimum absolute atomic E-state index is 0.633. The Morgan fingerprint density at radius 3 is 2.62 bits per heavy atom. The summed E-state index contributed by atoms with van der Waals surface area (Å²) in [4.78, 5) is 13.3. The van der Waals surface area contributed by atoms with Crippen LogP contribution in [0.2, 0.25) is 0 Å². The standard InChI is InChI=1S/C20H26N4/c1-14-2-4-15(5-3-14)17-12-24(13-18-21-8-9-22-18)19-16-6-10-23(11-7-16)20(17)19/h2-5,8-9,16-17,19-20H,6-7,10-13H2,1H3,(H,21,22)/t17-,19-,20-/m1/s1. The van der Waals surface area contributed by atoms with Gasteiger partial charge in [-0.25, -0.2) is 4.98 Å². The zero-order chi connectivity index (χ0) is 16.1. The fraction of sp³-hybridized carbons (Fsp3) is 0.550. The molecular formula is C20H26N4. The van der Waals surface area contributed by atoms with Gasteiger partial charge in [0.1, 0.15) is 5.82 Å². The SMILES string of the molecule is Cc1ccc([C@H]2CN(Cc3ncc[nH]3)[C@@H]3C4CCN(CC4)[C@H]23)cc1. The summed E-state index contributed by atoms with van der Waals surface area (Å²) in [6.45, 7) is 6.88. The molecule has 6 rings (SSSR count). The lowest BCUT2D eigenvalue weighted by atomic mass is 9.75. The van der Waals surface area contributed by atoms with Crippen molar-refractivity contribution in [1.29, 1.82) is 0 Å². The first kappa shape index (κ1) is 14.7. The molecule has 2 bridgehead atoms. The molecule has 3 atom stereocenters. The lowest BCUT2D eigenvalue weighted by Gasteiger charge is -2.51. The second-order valence-corrected chi connectivity index (χ2v) is 7.84. The second-order valence-electron chi connectivity index (χ2n) is 7.84. The number of benzene rings is 1. The first-order chi connectivity index (χ1) is 11.8. The summed E-state index contributed by atoms with van der Waals surface area (Å²) in [6.07, 6.45) is 6.56. The number of nitrogens with one attached hydrogen (secondary N) is 1. The summed E-state index contributed by atoms with van der Waals surface area (Å²) in [7, 11) is 0. The molecule has 0 saturated carbocycles. The number of aryl methyl sites for hydroxylation is 1. The number of hydrogen-bond acceptors (Lipinski definition) is 3. The molecule has 4 fully saturated rings. The van der Waals surface area contributed by atoms with E-state index in [4.69, 9.17) is 0 Å². The van der Waals surface area contributed by atoms with Crippen molar-refractivity contribution in [3.05, 3.63) is 53.6 Å². The lowest BCUT2D eigenvalue weighted by molar-refractivity contribution is -0.00924. The molecule has 1 aromatic carbocycles. The van der Waals surface area contributed by atoms with E-state index in [1.807, 2.05) is 12.4 Å². The first-order valence-corrected chi connectivity index (χ1v) is 9.32. The van der Waals surface area contributed by atoms with Crippen LogP contribution < -0.4 is 0 Å². The van der Waals surface area contributed by atoms with Gasteiger partial charge in [0, 0.05) is 36.9 Å². The number of rotatable bonds is 3. The molecule has 0 aliphatic carbocycles. The van der Waals surface area contributed by atoms with Crippen LogP contribution in [0.1, 0.15) is 35.7 Å². The monoisotopic (exact) mass is 322 g/mol. The van der Waals surface area contributed by atoms with Gasteiger partial charge in [-0.1, -0.05) is 29.8 Å². The van der Waals surface area contributed by atoms with Crippen LogP contribution in [0.5, 0.6) is 0 Å². The number of aromatic amines is 1. The van der Waals surface area contributed by atoms with E-state index < -0.39 is 0 Å². The maximum atomic E-state index is 4.48. The van der Waals surface area contributed by atoms with Crippen LogP contribution in [-0.2, 0) is 6.54 Å². The van der Waals surface area contributed by atoms with E-state index in [1.54, 1.807) is 0 Å². The van der Waals surface area contributed by atoms with E-state index in [9.17, 15) is 0 Å². The molecule has 4 aliphatic rings. The van der Waals surface area contributed by atoms with Gasteiger partial charge in [-0.2, -0.15) is 0 Å². The Morgan fingerprint density at radius 1 is 1.12 bits per heavy atom. The Bertz CT molecular complexity index is 685. The third-order valence-corrected chi connectivity index (χ3v) is 6.51. The lowest BCUT2D eigenvalue weighted by Crippen LogP contribution is -2.60.